The van der Waals surface area contributed by atoms with Gasteiger partial charge in [-0.1, -0.05) is 20.3 Å². The van der Waals surface area contributed by atoms with E-state index in [-0.39, 0.29) is 6.10 Å². The van der Waals surface area contributed by atoms with Gasteiger partial charge in [0.2, 0.25) is 0 Å². The Kier molecular flexibility index (Phi) is 4.56. The number of aliphatic hydroxyl groups is 1. The van der Waals surface area contributed by atoms with E-state index in [2.05, 4.69) is 25.8 Å². The molecule has 2 nitrogen and oxygen atoms in total. The molecule has 0 aromatic rings. The van der Waals surface area contributed by atoms with Crippen LogP contribution < -0.4 is 0 Å². The molecule has 0 bridgehead atoms. The van der Waals surface area contributed by atoms with Crippen molar-refractivity contribution in [3.05, 3.63) is 0 Å². The average molecular weight is 203 g/mol. The maximum Gasteiger partial charge on any atom is 0.0728 e. The number of likely N-dealkylation sites (N-methyl/N-ethyl adjacent to an activating group) is 1. The van der Waals surface area contributed by atoms with E-state index in [0.717, 1.165) is 18.7 Å². The first-order chi connectivity index (χ1) is 6.16. The molecular formula is C10H21NOS. The Morgan fingerprint density at radius 2 is 2.31 bits per heavy atom. The van der Waals surface area contributed by atoms with Crippen molar-refractivity contribution in [3.63, 3.8) is 0 Å². The summed E-state index contributed by atoms with van der Waals surface area (Å²) >= 11 is 1.96. The molecule has 0 aliphatic carbocycles. The molecule has 0 aromatic heterocycles. The molecule has 3 heteroatoms. The van der Waals surface area contributed by atoms with Gasteiger partial charge in [0.05, 0.1) is 6.10 Å². The SMILES string of the molecule is CCC(C)C(O)C1CSCCN1C. The fourth-order valence-corrected chi connectivity index (χ4v) is 2.96. The lowest BCUT2D eigenvalue weighted by atomic mass is 9.95. The van der Waals surface area contributed by atoms with Gasteiger partial charge < -0.3 is 5.11 Å². The lowest BCUT2D eigenvalue weighted by Gasteiger charge is -2.37. The molecule has 0 aromatic carbocycles. The van der Waals surface area contributed by atoms with E-state index in [0.29, 0.717) is 12.0 Å². The molecule has 1 fully saturated rings. The number of hydrogen-bond acceptors (Lipinski definition) is 3. The maximum atomic E-state index is 10.1. The van der Waals surface area contributed by atoms with Gasteiger partial charge in [0, 0.05) is 24.1 Å². The first-order valence-electron chi connectivity index (χ1n) is 5.12. The van der Waals surface area contributed by atoms with Crippen LogP contribution in [0.1, 0.15) is 20.3 Å². The third kappa shape index (κ3) is 2.86. The fourth-order valence-electron chi connectivity index (χ4n) is 1.69. The van der Waals surface area contributed by atoms with Crippen LogP contribution in [-0.2, 0) is 0 Å². The Hall–Kier alpha value is 0.270. The second-order valence-corrected chi connectivity index (χ2v) is 5.15. The summed E-state index contributed by atoms with van der Waals surface area (Å²) in [7, 11) is 2.12. The molecule has 0 radical (unpaired) electrons. The molecule has 1 aliphatic rings. The van der Waals surface area contributed by atoms with Gasteiger partial charge in [-0.2, -0.15) is 11.8 Å². The summed E-state index contributed by atoms with van der Waals surface area (Å²) in [6.07, 6.45) is 0.915. The summed E-state index contributed by atoms with van der Waals surface area (Å²) in [4.78, 5) is 2.30. The van der Waals surface area contributed by atoms with Crippen molar-refractivity contribution < 1.29 is 5.11 Å². The van der Waals surface area contributed by atoms with Gasteiger partial charge in [-0.05, 0) is 13.0 Å². The van der Waals surface area contributed by atoms with Crippen molar-refractivity contribution >= 4 is 11.8 Å². The topological polar surface area (TPSA) is 23.5 Å². The zero-order valence-electron chi connectivity index (χ0n) is 8.86. The molecule has 0 spiro atoms. The van der Waals surface area contributed by atoms with E-state index in [4.69, 9.17) is 0 Å². The maximum absolute atomic E-state index is 10.1. The number of hydrogen-bond donors (Lipinski definition) is 1. The molecule has 0 saturated carbocycles. The normalized spacial score (nSPS) is 30.0. The monoisotopic (exact) mass is 203 g/mol. The van der Waals surface area contributed by atoms with E-state index < -0.39 is 0 Å². The van der Waals surface area contributed by atoms with Crippen LogP contribution >= 0.6 is 11.8 Å². The Balaban J connectivity index is 2.47. The summed E-state index contributed by atoms with van der Waals surface area (Å²) in [5.41, 5.74) is 0. The van der Waals surface area contributed by atoms with Crippen molar-refractivity contribution in [2.45, 2.75) is 32.4 Å². The summed E-state index contributed by atoms with van der Waals surface area (Å²) < 4.78 is 0. The van der Waals surface area contributed by atoms with Crippen LogP contribution in [0.3, 0.4) is 0 Å². The first kappa shape index (κ1) is 11.3. The predicted molar refractivity (Wildman–Crippen MR) is 59.2 cm³/mol. The zero-order valence-corrected chi connectivity index (χ0v) is 9.68. The quantitative estimate of drug-likeness (QED) is 0.751. The molecule has 3 unspecified atom stereocenters. The van der Waals surface area contributed by atoms with Crippen molar-refractivity contribution in [1.82, 2.24) is 4.90 Å². The van der Waals surface area contributed by atoms with Gasteiger partial charge in [0.1, 0.15) is 0 Å². The van der Waals surface area contributed by atoms with Crippen molar-refractivity contribution in [2.75, 3.05) is 25.1 Å². The van der Waals surface area contributed by atoms with Gasteiger partial charge >= 0.3 is 0 Å². The Morgan fingerprint density at radius 1 is 1.62 bits per heavy atom. The summed E-state index contributed by atoms with van der Waals surface area (Å²) in [6, 6.07) is 0.369. The van der Waals surface area contributed by atoms with Gasteiger partial charge in [-0.3, -0.25) is 4.90 Å². The van der Waals surface area contributed by atoms with Gasteiger partial charge in [-0.25, -0.2) is 0 Å². The Labute approximate surface area is 85.7 Å². The second-order valence-electron chi connectivity index (χ2n) is 4.00. The minimum absolute atomic E-state index is 0.150. The third-order valence-electron chi connectivity index (χ3n) is 3.06. The zero-order chi connectivity index (χ0) is 9.84. The van der Waals surface area contributed by atoms with Gasteiger partial charge in [0.25, 0.3) is 0 Å². The lowest BCUT2D eigenvalue weighted by Crippen LogP contribution is -2.49. The molecule has 3 atom stereocenters. The molecule has 13 heavy (non-hydrogen) atoms. The number of thioether (sulfide) groups is 1. The largest absolute Gasteiger partial charge is 0.391 e. The van der Waals surface area contributed by atoms with Crippen molar-refractivity contribution in [1.29, 1.82) is 0 Å². The minimum Gasteiger partial charge on any atom is -0.391 e. The van der Waals surface area contributed by atoms with Gasteiger partial charge in [0.15, 0.2) is 0 Å². The van der Waals surface area contributed by atoms with Crippen molar-refractivity contribution in [3.8, 4) is 0 Å². The van der Waals surface area contributed by atoms with Crippen LogP contribution in [0.5, 0.6) is 0 Å². The van der Waals surface area contributed by atoms with E-state index in [1.54, 1.807) is 0 Å². The summed E-state index contributed by atoms with van der Waals surface area (Å²) in [5, 5.41) is 10.1. The highest BCUT2D eigenvalue weighted by molar-refractivity contribution is 7.99. The molecule has 78 valence electrons. The average Bonchev–Trinajstić information content (AvgIpc) is 2.16. The summed E-state index contributed by atoms with van der Waals surface area (Å²) in [6.45, 7) is 5.39. The number of rotatable bonds is 3. The molecule has 0 amide bonds. The highest BCUT2D eigenvalue weighted by Crippen LogP contribution is 2.22. The number of aliphatic hydroxyl groups excluding tert-OH is 1. The molecular weight excluding hydrogens is 182 g/mol. The Morgan fingerprint density at radius 3 is 2.85 bits per heavy atom. The molecule has 1 heterocycles. The predicted octanol–water partition coefficient (Wildman–Crippen LogP) is 1.44. The fraction of sp³-hybridized carbons (Fsp3) is 1.00. The number of nitrogens with zero attached hydrogens (tertiary/aromatic N) is 1. The summed E-state index contributed by atoms with van der Waals surface area (Å²) in [5.74, 6) is 2.72. The molecule has 1 saturated heterocycles. The van der Waals surface area contributed by atoms with Crippen LogP contribution in [0.2, 0.25) is 0 Å². The smallest absolute Gasteiger partial charge is 0.0728 e. The van der Waals surface area contributed by atoms with Crippen LogP contribution in [0, 0.1) is 5.92 Å². The highest BCUT2D eigenvalue weighted by Gasteiger charge is 2.29. The third-order valence-corrected chi connectivity index (χ3v) is 4.11. The van der Waals surface area contributed by atoms with Crippen LogP contribution in [-0.4, -0.2) is 47.3 Å². The van der Waals surface area contributed by atoms with E-state index in [1.165, 1.54) is 5.75 Å². The van der Waals surface area contributed by atoms with Crippen LogP contribution in [0.25, 0.3) is 0 Å². The van der Waals surface area contributed by atoms with Gasteiger partial charge in [-0.15, -0.1) is 0 Å². The van der Waals surface area contributed by atoms with E-state index in [9.17, 15) is 5.11 Å². The molecule has 1 rings (SSSR count). The first-order valence-corrected chi connectivity index (χ1v) is 6.28. The minimum atomic E-state index is -0.150. The molecule has 1 N–H and O–H groups in total. The van der Waals surface area contributed by atoms with E-state index >= 15 is 0 Å². The lowest BCUT2D eigenvalue weighted by molar-refractivity contribution is 0.0349. The Bertz CT molecular complexity index is 154. The highest BCUT2D eigenvalue weighted by atomic mass is 32.2. The molecule has 1 aliphatic heterocycles. The van der Waals surface area contributed by atoms with Crippen LogP contribution in [0.4, 0.5) is 0 Å². The standard InChI is InChI=1S/C10H21NOS/c1-4-8(2)10(12)9-7-13-6-5-11(9)3/h8-10,12H,4-7H2,1-3H3. The van der Waals surface area contributed by atoms with E-state index in [1.807, 2.05) is 11.8 Å². The second kappa shape index (κ2) is 5.23. The van der Waals surface area contributed by atoms with Crippen LogP contribution in [0.15, 0.2) is 0 Å². The van der Waals surface area contributed by atoms with Crippen molar-refractivity contribution in [2.24, 2.45) is 5.92 Å².